The molecule has 1 amide bonds. The van der Waals surface area contributed by atoms with Crippen LogP contribution in [-0.4, -0.2) is 83.4 Å². The maximum absolute atomic E-state index is 12.5. The summed E-state index contributed by atoms with van der Waals surface area (Å²) in [5.41, 5.74) is 3.08. The molecule has 0 radical (unpaired) electrons. The van der Waals surface area contributed by atoms with Gasteiger partial charge in [-0.15, -0.1) is 5.10 Å². The first kappa shape index (κ1) is 24.9. The number of hydrogen-bond donors (Lipinski definition) is 1. The molecular weight excluding hydrogens is 440 g/mol. The van der Waals surface area contributed by atoms with Crippen molar-refractivity contribution in [3.8, 4) is 28.5 Å². The summed E-state index contributed by atoms with van der Waals surface area (Å²) in [7, 11) is 3.82. The van der Waals surface area contributed by atoms with Crippen LogP contribution in [0.15, 0.2) is 48.5 Å². The molecule has 1 aliphatic rings. The summed E-state index contributed by atoms with van der Waals surface area (Å²) in [6, 6.07) is 16.2. The van der Waals surface area contributed by atoms with Crippen molar-refractivity contribution < 1.29 is 9.53 Å². The van der Waals surface area contributed by atoms with E-state index in [-0.39, 0.29) is 18.5 Å². The normalized spacial score (nSPS) is 14.9. The number of carbonyl (C=O) groups is 1. The largest absolute Gasteiger partial charge is 0.497 e. The third-order valence-corrected chi connectivity index (χ3v) is 6.27. The Morgan fingerprint density at radius 1 is 1.06 bits per heavy atom. The Bertz CT molecular complexity index is 1120. The van der Waals surface area contributed by atoms with Crippen molar-refractivity contribution >= 4 is 5.91 Å². The Morgan fingerprint density at radius 3 is 2.49 bits per heavy atom. The fourth-order valence-corrected chi connectivity index (χ4v) is 4.23. The number of benzene rings is 2. The lowest BCUT2D eigenvalue weighted by atomic mass is 10.1. The molecule has 0 bridgehead atoms. The highest BCUT2D eigenvalue weighted by atomic mass is 16.5. The first-order chi connectivity index (χ1) is 16.9. The molecule has 1 aromatic heterocycles. The fourth-order valence-electron chi connectivity index (χ4n) is 4.23. The Balaban J connectivity index is 1.52. The lowest BCUT2D eigenvalue weighted by Gasteiger charge is -2.32. The number of rotatable bonds is 9. The van der Waals surface area contributed by atoms with E-state index in [0.29, 0.717) is 11.6 Å². The van der Waals surface area contributed by atoms with Gasteiger partial charge in [0, 0.05) is 49.9 Å². The average Bonchev–Trinajstić information content (AvgIpc) is 3.27. The predicted octanol–water partition coefficient (Wildman–Crippen LogP) is 2.94. The number of hydrogen-bond acceptors (Lipinski definition) is 6. The van der Waals surface area contributed by atoms with E-state index in [1.807, 2.05) is 38.1 Å². The topological polar surface area (TPSA) is 75.5 Å². The molecule has 2 aromatic carbocycles. The molecule has 0 atom stereocenters. The highest BCUT2D eigenvalue weighted by Gasteiger charge is 2.17. The van der Waals surface area contributed by atoms with E-state index in [2.05, 4.69) is 46.4 Å². The molecule has 8 nitrogen and oxygen atoms in total. The van der Waals surface area contributed by atoms with Crippen molar-refractivity contribution in [2.24, 2.45) is 0 Å². The van der Waals surface area contributed by atoms with Gasteiger partial charge in [0.1, 0.15) is 12.3 Å². The van der Waals surface area contributed by atoms with Gasteiger partial charge >= 0.3 is 0 Å². The Morgan fingerprint density at radius 2 is 1.80 bits per heavy atom. The lowest BCUT2D eigenvalue weighted by molar-refractivity contribution is -0.122. The number of nitrogens with one attached hydrogen (secondary N) is 1. The summed E-state index contributed by atoms with van der Waals surface area (Å²) in [5, 5.41) is 7.64. The van der Waals surface area contributed by atoms with Gasteiger partial charge in [-0.05, 0) is 45.0 Å². The molecule has 2 heterocycles. The number of likely N-dealkylation sites (N-methyl/N-ethyl adjacent to an activating group) is 1. The number of amides is 1. The average molecular weight is 477 g/mol. The molecule has 4 rings (SSSR count). The van der Waals surface area contributed by atoms with Crippen LogP contribution in [0.2, 0.25) is 0 Å². The number of carbonyl (C=O) groups excluding carboxylic acids is 1. The molecule has 1 fully saturated rings. The first-order valence-corrected chi connectivity index (χ1v) is 12.3. The quantitative estimate of drug-likeness (QED) is 0.512. The third-order valence-electron chi connectivity index (χ3n) is 6.27. The third kappa shape index (κ3) is 6.68. The number of aromatic nitrogens is 3. The molecule has 0 saturated carbocycles. The molecule has 0 aliphatic carbocycles. The van der Waals surface area contributed by atoms with Gasteiger partial charge in [0.2, 0.25) is 5.91 Å². The summed E-state index contributed by atoms with van der Waals surface area (Å²) < 4.78 is 7.05. The number of piperazine rings is 1. The van der Waals surface area contributed by atoms with E-state index in [1.165, 1.54) is 5.56 Å². The second-order valence-electron chi connectivity index (χ2n) is 9.46. The van der Waals surface area contributed by atoms with Gasteiger partial charge in [-0.1, -0.05) is 36.4 Å². The van der Waals surface area contributed by atoms with Crippen molar-refractivity contribution in [1.82, 2.24) is 29.9 Å². The van der Waals surface area contributed by atoms with Gasteiger partial charge in [0.25, 0.3) is 0 Å². The van der Waals surface area contributed by atoms with Crippen molar-refractivity contribution in [2.75, 3.05) is 46.9 Å². The fraction of sp³-hybridized carbons (Fsp3) is 0.444. The van der Waals surface area contributed by atoms with E-state index in [4.69, 9.17) is 14.8 Å². The summed E-state index contributed by atoms with van der Waals surface area (Å²) in [6.07, 6.45) is 1.02. The standard InChI is InChI=1S/C27H36N6O2/c1-20(2)28-25(34)19-33-27(23-6-5-7-24(18-23)35-4)29-26(30-33)22-10-8-21(9-11-22)12-13-32-16-14-31(3)15-17-32/h5-11,18,20H,12-17,19H2,1-4H3,(H,28,34). The smallest absolute Gasteiger partial charge is 0.242 e. The summed E-state index contributed by atoms with van der Waals surface area (Å²) in [6.45, 7) is 9.60. The van der Waals surface area contributed by atoms with Crippen LogP contribution in [0.25, 0.3) is 22.8 Å². The van der Waals surface area contributed by atoms with E-state index in [0.717, 1.165) is 56.0 Å². The van der Waals surface area contributed by atoms with Gasteiger partial charge in [0.15, 0.2) is 11.6 Å². The molecular formula is C27H36N6O2. The number of ether oxygens (including phenoxy) is 1. The van der Waals surface area contributed by atoms with E-state index >= 15 is 0 Å². The molecule has 1 aliphatic heterocycles. The van der Waals surface area contributed by atoms with Gasteiger partial charge in [-0.2, -0.15) is 0 Å². The maximum Gasteiger partial charge on any atom is 0.242 e. The summed E-state index contributed by atoms with van der Waals surface area (Å²) >= 11 is 0. The second kappa shape index (κ2) is 11.5. The number of methoxy groups -OCH3 is 1. The minimum absolute atomic E-state index is 0.0594. The van der Waals surface area contributed by atoms with Crippen LogP contribution in [0.4, 0.5) is 0 Å². The van der Waals surface area contributed by atoms with Crippen molar-refractivity contribution in [1.29, 1.82) is 0 Å². The zero-order valence-electron chi connectivity index (χ0n) is 21.2. The van der Waals surface area contributed by atoms with E-state index < -0.39 is 0 Å². The van der Waals surface area contributed by atoms with Gasteiger partial charge in [0.05, 0.1) is 7.11 Å². The number of nitrogens with zero attached hydrogens (tertiary/aromatic N) is 5. The lowest BCUT2D eigenvalue weighted by Crippen LogP contribution is -2.45. The van der Waals surface area contributed by atoms with Gasteiger partial charge in [-0.25, -0.2) is 9.67 Å². The van der Waals surface area contributed by atoms with Crippen LogP contribution < -0.4 is 10.1 Å². The van der Waals surface area contributed by atoms with Crippen molar-refractivity contribution in [2.45, 2.75) is 32.9 Å². The SMILES string of the molecule is COc1cccc(-c2nc(-c3ccc(CCN4CCN(C)CC4)cc3)nn2CC(=O)NC(C)C)c1. The Kier molecular flexibility index (Phi) is 8.15. The molecule has 1 saturated heterocycles. The second-order valence-corrected chi connectivity index (χ2v) is 9.46. The van der Waals surface area contributed by atoms with E-state index in [1.54, 1.807) is 11.8 Å². The van der Waals surface area contributed by atoms with Crippen LogP contribution >= 0.6 is 0 Å². The van der Waals surface area contributed by atoms with Crippen LogP contribution in [0.5, 0.6) is 5.75 Å². The van der Waals surface area contributed by atoms with Crippen molar-refractivity contribution in [3.63, 3.8) is 0 Å². The van der Waals surface area contributed by atoms with E-state index in [9.17, 15) is 4.79 Å². The Hall–Kier alpha value is -3.23. The zero-order chi connectivity index (χ0) is 24.8. The first-order valence-electron chi connectivity index (χ1n) is 12.3. The Labute approximate surface area is 207 Å². The zero-order valence-corrected chi connectivity index (χ0v) is 21.2. The summed E-state index contributed by atoms with van der Waals surface area (Å²) in [5.74, 6) is 1.87. The van der Waals surface area contributed by atoms with Gasteiger partial charge in [-0.3, -0.25) is 4.79 Å². The van der Waals surface area contributed by atoms with Crippen LogP contribution in [0.3, 0.4) is 0 Å². The monoisotopic (exact) mass is 476 g/mol. The van der Waals surface area contributed by atoms with Crippen LogP contribution in [0.1, 0.15) is 19.4 Å². The molecule has 186 valence electrons. The van der Waals surface area contributed by atoms with Crippen LogP contribution in [0, 0.1) is 0 Å². The molecule has 1 N–H and O–H groups in total. The maximum atomic E-state index is 12.5. The predicted molar refractivity (Wildman–Crippen MR) is 138 cm³/mol. The molecule has 0 spiro atoms. The molecule has 35 heavy (non-hydrogen) atoms. The highest BCUT2D eigenvalue weighted by Crippen LogP contribution is 2.26. The van der Waals surface area contributed by atoms with Gasteiger partial charge < -0.3 is 19.9 Å². The summed E-state index contributed by atoms with van der Waals surface area (Å²) in [4.78, 5) is 22.2. The van der Waals surface area contributed by atoms with Crippen molar-refractivity contribution in [3.05, 3.63) is 54.1 Å². The molecule has 0 unspecified atom stereocenters. The molecule has 8 heteroatoms. The highest BCUT2D eigenvalue weighted by molar-refractivity contribution is 5.77. The molecule has 3 aromatic rings. The minimum Gasteiger partial charge on any atom is -0.497 e. The minimum atomic E-state index is -0.0974. The van der Waals surface area contributed by atoms with Crippen LogP contribution in [-0.2, 0) is 17.8 Å².